The summed E-state index contributed by atoms with van der Waals surface area (Å²) in [5, 5.41) is 12.5. The highest BCUT2D eigenvalue weighted by Crippen LogP contribution is 2.37. The molecule has 0 radical (unpaired) electrons. The van der Waals surface area contributed by atoms with Crippen LogP contribution < -0.4 is 10.1 Å². The Hall–Kier alpha value is -4.15. The molecule has 0 saturated heterocycles. The minimum absolute atomic E-state index is 0.110. The molecule has 1 aromatic carbocycles. The monoisotopic (exact) mass is 468 g/mol. The first-order valence-electron chi connectivity index (χ1n) is 10.5. The molecule has 1 aliphatic carbocycles. The van der Waals surface area contributed by atoms with Crippen molar-refractivity contribution in [1.29, 1.82) is 0 Å². The van der Waals surface area contributed by atoms with Crippen molar-refractivity contribution in [2.75, 3.05) is 0 Å². The van der Waals surface area contributed by atoms with Gasteiger partial charge in [0.25, 0.3) is 0 Å². The first-order valence-corrected chi connectivity index (χ1v) is 10.5. The molecule has 174 valence electrons. The van der Waals surface area contributed by atoms with Gasteiger partial charge >= 0.3 is 6.36 Å². The number of ether oxygens (including phenoxy) is 1. The maximum Gasteiger partial charge on any atom is 0.573 e. The molecule has 0 bridgehead atoms. The standard InChI is InChI=1S/C23H19F3N6O2/c1-2-20(33)28-12-19-21-18(14-11-29-31(13-14)15-3-4-15)9-10-27-22(21)32(30-19)16-5-7-17(8-6-16)34-23(24,25)26/h2,5-11,13,15H,1,3-4,12H2,(H,28,33). The Labute approximate surface area is 191 Å². The normalized spacial score (nSPS) is 13.7. The third kappa shape index (κ3) is 4.36. The number of hydrogen-bond donors (Lipinski definition) is 1. The maximum atomic E-state index is 12.5. The molecule has 1 fully saturated rings. The van der Waals surface area contributed by atoms with Gasteiger partial charge in [0.05, 0.1) is 35.6 Å². The minimum atomic E-state index is -4.78. The third-order valence-corrected chi connectivity index (χ3v) is 5.40. The molecule has 3 heterocycles. The molecule has 3 aromatic heterocycles. The molecule has 1 saturated carbocycles. The van der Waals surface area contributed by atoms with E-state index in [1.54, 1.807) is 12.4 Å². The minimum Gasteiger partial charge on any atom is -0.406 e. The lowest BCUT2D eigenvalue weighted by Gasteiger charge is -2.09. The van der Waals surface area contributed by atoms with Crippen LogP contribution in [0.4, 0.5) is 13.2 Å². The van der Waals surface area contributed by atoms with Crippen molar-refractivity contribution in [3.8, 4) is 22.6 Å². The predicted octanol–water partition coefficient (Wildman–Crippen LogP) is 4.32. The zero-order valence-corrected chi connectivity index (χ0v) is 17.8. The number of halogens is 3. The van der Waals surface area contributed by atoms with E-state index in [9.17, 15) is 18.0 Å². The summed E-state index contributed by atoms with van der Waals surface area (Å²) in [6.07, 6.45) is 3.96. The highest BCUT2D eigenvalue weighted by atomic mass is 19.4. The lowest BCUT2D eigenvalue weighted by molar-refractivity contribution is -0.274. The van der Waals surface area contributed by atoms with Crippen molar-refractivity contribution in [3.63, 3.8) is 0 Å². The molecule has 11 heteroatoms. The smallest absolute Gasteiger partial charge is 0.406 e. The molecule has 0 unspecified atom stereocenters. The summed E-state index contributed by atoms with van der Waals surface area (Å²) in [6, 6.07) is 7.59. The molecule has 5 rings (SSSR count). The number of pyridine rings is 1. The molecule has 8 nitrogen and oxygen atoms in total. The van der Waals surface area contributed by atoms with Gasteiger partial charge in [0.15, 0.2) is 5.65 Å². The van der Waals surface area contributed by atoms with Crippen molar-refractivity contribution in [2.45, 2.75) is 31.8 Å². The zero-order valence-electron chi connectivity index (χ0n) is 17.8. The Balaban J connectivity index is 1.59. The molecule has 1 amide bonds. The van der Waals surface area contributed by atoms with Gasteiger partial charge in [0, 0.05) is 18.0 Å². The number of fused-ring (bicyclic) bond motifs is 1. The molecule has 0 aliphatic heterocycles. The van der Waals surface area contributed by atoms with E-state index in [4.69, 9.17) is 0 Å². The molecule has 1 N–H and O–H groups in total. The van der Waals surface area contributed by atoms with Crippen LogP contribution in [0.25, 0.3) is 27.8 Å². The van der Waals surface area contributed by atoms with Crippen molar-refractivity contribution >= 4 is 16.9 Å². The summed E-state index contributed by atoms with van der Waals surface area (Å²) in [6.45, 7) is 3.57. The summed E-state index contributed by atoms with van der Waals surface area (Å²) < 4.78 is 45.0. The van der Waals surface area contributed by atoms with Gasteiger partial charge in [-0.05, 0) is 54.8 Å². The Morgan fingerprint density at radius 2 is 2.00 bits per heavy atom. The van der Waals surface area contributed by atoms with Gasteiger partial charge in [0.1, 0.15) is 5.75 Å². The van der Waals surface area contributed by atoms with E-state index in [0.717, 1.165) is 30.0 Å². The average Bonchev–Trinajstić information content (AvgIpc) is 3.42. The second-order valence-corrected chi connectivity index (χ2v) is 7.82. The average molecular weight is 468 g/mol. The highest BCUT2D eigenvalue weighted by molar-refractivity contribution is 5.95. The number of aromatic nitrogens is 5. The number of nitrogens with one attached hydrogen (secondary N) is 1. The maximum absolute atomic E-state index is 12.5. The highest BCUT2D eigenvalue weighted by Gasteiger charge is 2.31. The molecule has 1 aliphatic rings. The van der Waals surface area contributed by atoms with E-state index in [1.165, 1.54) is 28.9 Å². The number of carbonyl (C=O) groups is 1. The number of rotatable bonds is 7. The zero-order chi connectivity index (χ0) is 23.9. The molecule has 0 spiro atoms. The fourth-order valence-corrected chi connectivity index (χ4v) is 3.71. The summed E-state index contributed by atoms with van der Waals surface area (Å²) in [5.74, 6) is -0.698. The number of amides is 1. The number of alkyl halides is 3. The van der Waals surface area contributed by atoms with Crippen molar-refractivity contribution < 1.29 is 22.7 Å². The Morgan fingerprint density at radius 3 is 2.68 bits per heavy atom. The van der Waals surface area contributed by atoms with E-state index >= 15 is 0 Å². The van der Waals surface area contributed by atoms with Gasteiger partial charge in [-0.3, -0.25) is 9.48 Å². The number of carbonyl (C=O) groups excluding carboxylic acids is 1. The van der Waals surface area contributed by atoms with E-state index < -0.39 is 6.36 Å². The Bertz CT molecular complexity index is 1370. The van der Waals surface area contributed by atoms with Crippen LogP contribution in [0.5, 0.6) is 5.75 Å². The van der Waals surface area contributed by atoms with Crippen LogP contribution in [0.3, 0.4) is 0 Å². The summed E-state index contributed by atoms with van der Waals surface area (Å²) in [7, 11) is 0. The molecular weight excluding hydrogens is 449 g/mol. The quantitative estimate of drug-likeness (QED) is 0.408. The summed E-state index contributed by atoms with van der Waals surface area (Å²) in [4.78, 5) is 16.3. The third-order valence-electron chi connectivity index (χ3n) is 5.40. The lowest BCUT2D eigenvalue weighted by Crippen LogP contribution is -2.20. The SMILES string of the molecule is C=CC(=O)NCc1nn(-c2ccc(OC(F)(F)F)cc2)c2nccc(-c3cnn(C4CC4)c3)c12. The Morgan fingerprint density at radius 1 is 1.24 bits per heavy atom. The van der Waals surface area contributed by atoms with Crippen molar-refractivity contribution in [1.82, 2.24) is 29.9 Å². The van der Waals surface area contributed by atoms with Crippen LogP contribution in [0.15, 0.2) is 61.6 Å². The van der Waals surface area contributed by atoms with Crippen LogP contribution >= 0.6 is 0 Å². The second kappa shape index (κ2) is 8.32. The van der Waals surface area contributed by atoms with Crippen molar-refractivity contribution in [3.05, 3.63) is 67.3 Å². The largest absolute Gasteiger partial charge is 0.573 e. The molecule has 34 heavy (non-hydrogen) atoms. The van der Waals surface area contributed by atoms with Gasteiger partial charge < -0.3 is 10.1 Å². The van der Waals surface area contributed by atoms with Gasteiger partial charge in [-0.25, -0.2) is 9.67 Å². The van der Waals surface area contributed by atoms with E-state index in [1.807, 2.05) is 16.9 Å². The molecule has 4 aromatic rings. The van der Waals surface area contributed by atoms with Crippen LogP contribution in [-0.2, 0) is 11.3 Å². The number of nitrogens with zero attached hydrogens (tertiary/aromatic N) is 5. The van der Waals surface area contributed by atoms with Crippen LogP contribution in [-0.4, -0.2) is 36.8 Å². The predicted molar refractivity (Wildman–Crippen MR) is 117 cm³/mol. The molecular formula is C23H19F3N6O2. The van der Waals surface area contributed by atoms with E-state index in [0.29, 0.717) is 28.5 Å². The van der Waals surface area contributed by atoms with Gasteiger partial charge in [-0.15, -0.1) is 13.2 Å². The number of hydrogen-bond acceptors (Lipinski definition) is 5. The van der Waals surface area contributed by atoms with Crippen LogP contribution in [0.1, 0.15) is 24.6 Å². The summed E-state index contributed by atoms with van der Waals surface area (Å²) >= 11 is 0. The first kappa shape index (κ1) is 21.7. The van der Waals surface area contributed by atoms with Crippen LogP contribution in [0, 0.1) is 0 Å². The second-order valence-electron chi connectivity index (χ2n) is 7.82. The molecule has 0 atom stereocenters. The fraction of sp³-hybridized carbons (Fsp3) is 0.217. The van der Waals surface area contributed by atoms with Crippen LogP contribution in [0.2, 0.25) is 0 Å². The van der Waals surface area contributed by atoms with E-state index in [-0.39, 0.29) is 18.2 Å². The fourth-order valence-electron chi connectivity index (χ4n) is 3.71. The topological polar surface area (TPSA) is 86.9 Å². The van der Waals surface area contributed by atoms with Gasteiger partial charge in [-0.1, -0.05) is 6.58 Å². The van der Waals surface area contributed by atoms with Gasteiger partial charge in [0.2, 0.25) is 5.91 Å². The summed E-state index contributed by atoms with van der Waals surface area (Å²) in [5.41, 5.74) is 3.23. The lowest BCUT2D eigenvalue weighted by atomic mass is 10.1. The van der Waals surface area contributed by atoms with E-state index in [2.05, 4.69) is 31.8 Å². The van der Waals surface area contributed by atoms with Crippen molar-refractivity contribution in [2.24, 2.45) is 0 Å². The first-order chi connectivity index (χ1) is 16.3. The Kier molecular flexibility index (Phi) is 5.31. The number of benzene rings is 1. The van der Waals surface area contributed by atoms with Gasteiger partial charge in [-0.2, -0.15) is 10.2 Å².